The normalized spacial score (nSPS) is 18.9. The number of carboxylic acid groups (broad SMARTS) is 1. The second-order valence-corrected chi connectivity index (χ2v) is 10.2. The number of unbranched alkanes of at least 4 members (excludes halogenated alkanes) is 7. The number of carboxylic acids is 1. The van der Waals surface area contributed by atoms with Gasteiger partial charge in [-0.15, -0.1) is 0 Å². The summed E-state index contributed by atoms with van der Waals surface area (Å²) in [5.74, 6) is -1.22. The van der Waals surface area contributed by atoms with E-state index in [0.717, 1.165) is 56.9 Å². The van der Waals surface area contributed by atoms with Crippen LogP contribution in [0.5, 0.6) is 0 Å². The third-order valence-corrected chi connectivity index (χ3v) is 7.79. The first-order chi connectivity index (χ1) is 15.9. The van der Waals surface area contributed by atoms with Gasteiger partial charge in [0, 0.05) is 24.0 Å². The zero-order valence-electron chi connectivity index (χ0n) is 18.8. The number of rotatable bonds is 13. The van der Waals surface area contributed by atoms with Crippen molar-refractivity contribution >= 4 is 34.9 Å². The molecule has 1 aromatic rings. The molecular formula is C24H32N2O6S. The van der Waals surface area contributed by atoms with Crippen LogP contribution in [0.15, 0.2) is 23.1 Å². The van der Waals surface area contributed by atoms with Crippen LogP contribution in [0.1, 0.15) is 86.6 Å². The Morgan fingerprint density at radius 2 is 1.73 bits per heavy atom. The summed E-state index contributed by atoms with van der Waals surface area (Å²) in [6, 6.07) is 4.57. The van der Waals surface area contributed by atoms with Crippen LogP contribution in [0.3, 0.4) is 0 Å². The molecule has 2 heterocycles. The number of nitrogens with zero attached hydrogens (tertiary/aromatic N) is 1. The second kappa shape index (κ2) is 12.2. The van der Waals surface area contributed by atoms with Crippen molar-refractivity contribution < 1.29 is 28.8 Å². The number of amides is 3. The Morgan fingerprint density at radius 1 is 1.06 bits per heavy atom. The van der Waals surface area contributed by atoms with Crippen molar-refractivity contribution in [3.63, 3.8) is 0 Å². The fourth-order valence-corrected chi connectivity index (χ4v) is 5.82. The van der Waals surface area contributed by atoms with Crippen LogP contribution < -0.4 is 5.32 Å². The van der Waals surface area contributed by atoms with E-state index in [1.165, 1.54) is 4.90 Å². The summed E-state index contributed by atoms with van der Waals surface area (Å²) < 4.78 is 13.0. The highest BCUT2D eigenvalue weighted by Gasteiger charge is 2.41. The summed E-state index contributed by atoms with van der Waals surface area (Å²) in [7, 11) is 0. The minimum Gasteiger partial charge on any atom is -0.611 e. The minimum absolute atomic E-state index is 0.206. The van der Waals surface area contributed by atoms with E-state index in [1.54, 1.807) is 18.2 Å². The zero-order chi connectivity index (χ0) is 23.8. The molecule has 0 aliphatic carbocycles. The van der Waals surface area contributed by atoms with Gasteiger partial charge in [0.05, 0.1) is 6.54 Å². The van der Waals surface area contributed by atoms with Gasteiger partial charge in [-0.05, 0) is 49.0 Å². The maximum absolute atomic E-state index is 13.0. The average molecular weight is 477 g/mol. The molecule has 0 aromatic heterocycles. The van der Waals surface area contributed by atoms with Crippen molar-refractivity contribution in [3.05, 3.63) is 29.3 Å². The molecule has 3 amide bonds. The van der Waals surface area contributed by atoms with Gasteiger partial charge < -0.3 is 14.6 Å². The van der Waals surface area contributed by atoms with Crippen LogP contribution in [0.4, 0.5) is 0 Å². The van der Waals surface area contributed by atoms with Gasteiger partial charge in [-0.3, -0.25) is 24.5 Å². The van der Waals surface area contributed by atoms with E-state index < -0.39 is 29.1 Å². The molecular weight excluding hydrogens is 444 g/mol. The first-order valence-corrected chi connectivity index (χ1v) is 13.1. The van der Waals surface area contributed by atoms with Crippen LogP contribution in [-0.2, 0) is 32.1 Å². The van der Waals surface area contributed by atoms with Gasteiger partial charge in [0.25, 0.3) is 5.91 Å². The Balaban J connectivity index is 1.44. The fraction of sp³-hybridized carbons (Fsp3) is 0.583. The summed E-state index contributed by atoms with van der Waals surface area (Å²) in [6.45, 7) is 0.240. The van der Waals surface area contributed by atoms with Crippen molar-refractivity contribution in [2.24, 2.45) is 0 Å². The van der Waals surface area contributed by atoms with E-state index in [4.69, 9.17) is 5.11 Å². The number of carbonyl (C=O) groups is 4. The predicted molar refractivity (Wildman–Crippen MR) is 123 cm³/mol. The van der Waals surface area contributed by atoms with Gasteiger partial charge in [-0.25, -0.2) is 0 Å². The van der Waals surface area contributed by atoms with E-state index in [-0.39, 0.29) is 31.2 Å². The summed E-state index contributed by atoms with van der Waals surface area (Å²) in [5.41, 5.74) is 1.22. The van der Waals surface area contributed by atoms with Crippen LogP contribution in [0.2, 0.25) is 0 Å². The number of fused-ring (bicyclic) bond motifs is 1. The molecule has 0 bridgehead atoms. The summed E-state index contributed by atoms with van der Waals surface area (Å²) in [6.07, 6.45) is 8.55. The monoisotopic (exact) mass is 476 g/mol. The number of piperidine rings is 1. The number of benzene rings is 1. The molecule has 0 saturated carbocycles. The quantitative estimate of drug-likeness (QED) is 0.256. The first kappa shape index (κ1) is 25.2. The molecule has 180 valence electrons. The third-order valence-electron chi connectivity index (χ3n) is 6.25. The van der Waals surface area contributed by atoms with E-state index in [9.17, 15) is 23.7 Å². The van der Waals surface area contributed by atoms with Crippen molar-refractivity contribution in [3.8, 4) is 0 Å². The number of hydrogen-bond acceptors (Lipinski definition) is 5. The molecule has 1 saturated heterocycles. The molecule has 0 radical (unpaired) electrons. The lowest BCUT2D eigenvalue weighted by atomic mass is 10.0. The molecule has 8 nitrogen and oxygen atoms in total. The highest BCUT2D eigenvalue weighted by molar-refractivity contribution is 7.91. The van der Waals surface area contributed by atoms with Crippen molar-refractivity contribution in [1.29, 1.82) is 0 Å². The van der Waals surface area contributed by atoms with Gasteiger partial charge in [0.15, 0.2) is 4.90 Å². The third kappa shape index (κ3) is 6.80. The lowest BCUT2D eigenvalue weighted by Crippen LogP contribution is -2.52. The molecule has 1 aromatic carbocycles. The van der Waals surface area contributed by atoms with Crippen LogP contribution in [-0.4, -0.2) is 50.0 Å². The molecule has 2 atom stereocenters. The van der Waals surface area contributed by atoms with Crippen LogP contribution in [0.25, 0.3) is 0 Å². The number of nitrogens with one attached hydrogen (secondary N) is 1. The lowest BCUT2D eigenvalue weighted by molar-refractivity contribution is -0.138. The predicted octanol–water partition coefficient (Wildman–Crippen LogP) is 3.15. The van der Waals surface area contributed by atoms with Gasteiger partial charge in [0.2, 0.25) is 11.8 Å². The molecule has 2 aliphatic heterocycles. The summed E-state index contributed by atoms with van der Waals surface area (Å²) in [4.78, 5) is 49.2. The SMILES string of the molecule is O=C(O)CCCCCCCCCC[S+]([O-])c1cccc2c1CN(C1CCC(=O)NC1=O)C2=O. The smallest absolute Gasteiger partial charge is 0.303 e. The summed E-state index contributed by atoms with van der Waals surface area (Å²) >= 11 is -1.22. The average Bonchev–Trinajstić information content (AvgIpc) is 3.11. The number of aliphatic carboxylic acids is 1. The van der Waals surface area contributed by atoms with E-state index in [2.05, 4.69) is 5.32 Å². The highest BCUT2D eigenvalue weighted by atomic mass is 32.2. The summed E-state index contributed by atoms with van der Waals surface area (Å²) in [5, 5.41) is 10.9. The van der Waals surface area contributed by atoms with Crippen molar-refractivity contribution in [2.45, 2.75) is 88.1 Å². The first-order valence-electron chi connectivity index (χ1n) is 11.7. The molecule has 0 spiro atoms. The largest absolute Gasteiger partial charge is 0.611 e. The molecule has 3 rings (SSSR count). The van der Waals surface area contributed by atoms with E-state index in [0.29, 0.717) is 22.6 Å². The van der Waals surface area contributed by atoms with E-state index >= 15 is 0 Å². The second-order valence-electron chi connectivity index (χ2n) is 8.70. The number of imide groups is 1. The maximum atomic E-state index is 13.0. The number of hydrogen-bond donors (Lipinski definition) is 2. The van der Waals surface area contributed by atoms with Crippen LogP contribution in [0, 0.1) is 0 Å². The Bertz CT molecular complexity index is 890. The fourth-order valence-electron chi connectivity index (χ4n) is 4.45. The van der Waals surface area contributed by atoms with Gasteiger partial charge in [-0.2, -0.15) is 0 Å². The minimum atomic E-state index is -1.22. The molecule has 2 unspecified atom stereocenters. The maximum Gasteiger partial charge on any atom is 0.303 e. The van der Waals surface area contributed by atoms with E-state index in [1.807, 2.05) is 0 Å². The van der Waals surface area contributed by atoms with Crippen LogP contribution >= 0.6 is 0 Å². The standard InChI is InChI=1S/C24H32N2O6S/c27-21-14-13-19(23(30)25-21)26-16-18-17(24(26)31)10-9-11-20(18)33(32)15-8-6-4-2-1-3-5-7-12-22(28)29/h9-11,19H,1-8,12-16H2,(H,28,29)(H,25,27,30). The zero-order valence-corrected chi connectivity index (χ0v) is 19.7. The van der Waals surface area contributed by atoms with Gasteiger partial charge in [-0.1, -0.05) is 38.2 Å². The Morgan fingerprint density at radius 3 is 2.39 bits per heavy atom. The topological polar surface area (TPSA) is 127 Å². The molecule has 9 heteroatoms. The Labute approximate surface area is 197 Å². The molecule has 2 aliphatic rings. The Kier molecular flexibility index (Phi) is 9.31. The lowest BCUT2D eigenvalue weighted by Gasteiger charge is -2.29. The van der Waals surface area contributed by atoms with Crippen molar-refractivity contribution in [1.82, 2.24) is 10.2 Å². The molecule has 2 N–H and O–H groups in total. The highest BCUT2D eigenvalue weighted by Crippen LogP contribution is 2.32. The Hall–Kier alpha value is -2.39. The van der Waals surface area contributed by atoms with Gasteiger partial charge >= 0.3 is 5.97 Å². The van der Waals surface area contributed by atoms with Gasteiger partial charge in [0.1, 0.15) is 11.8 Å². The van der Waals surface area contributed by atoms with Crippen molar-refractivity contribution in [2.75, 3.05) is 5.75 Å². The number of carbonyl (C=O) groups excluding carboxylic acids is 3. The molecule has 33 heavy (non-hydrogen) atoms. The molecule has 1 fully saturated rings.